The van der Waals surface area contributed by atoms with E-state index in [1.165, 1.54) is 0 Å². The molecule has 6 nitrogen and oxygen atoms in total. The number of hydrogen-bond donors (Lipinski definition) is 1. The Balaban J connectivity index is 1.58. The third-order valence-electron chi connectivity index (χ3n) is 4.61. The lowest BCUT2D eigenvalue weighted by Gasteiger charge is -2.09. The van der Waals surface area contributed by atoms with Gasteiger partial charge < -0.3 is 10.5 Å². The van der Waals surface area contributed by atoms with Crippen molar-refractivity contribution < 1.29 is 4.74 Å². The van der Waals surface area contributed by atoms with Crippen molar-refractivity contribution in [1.29, 1.82) is 0 Å². The zero-order valence-electron chi connectivity index (χ0n) is 15.4. The molecule has 0 saturated heterocycles. The fraction of sp³-hybridized carbons (Fsp3) is 0. The summed E-state index contributed by atoms with van der Waals surface area (Å²) in [7, 11) is 0. The van der Waals surface area contributed by atoms with Gasteiger partial charge >= 0.3 is 0 Å². The van der Waals surface area contributed by atoms with Crippen molar-refractivity contribution in [3.8, 4) is 28.4 Å². The summed E-state index contributed by atoms with van der Waals surface area (Å²) in [5.74, 6) is 1.96. The number of nitrogens with two attached hydrogens (primary N) is 1. The van der Waals surface area contributed by atoms with Crippen LogP contribution in [0.4, 0.5) is 5.82 Å². The Labute approximate surface area is 167 Å². The summed E-state index contributed by atoms with van der Waals surface area (Å²) >= 11 is 0. The van der Waals surface area contributed by atoms with Crippen LogP contribution in [0.1, 0.15) is 0 Å². The first kappa shape index (κ1) is 16.9. The smallest absolute Gasteiger partial charge is 0.155 e. The van der Waals surface area contributed by atoms with Crippen LogP contribution in [0, 0.1) is 0 Å². The van der Waals surface area contributed by atoms with E-state index in [4.69, 9.17) is 10.5 Å². The molecule has 0 fully saturated rings. The molecule has 0 unspecified atom stereocenters. The van der Waals surface area contributed by atoms with Gasteiger partial charge in [-0.05, 0) is 48.5 Å². The minimum Gasteiger partial charge on any atom is -0.457 e. The van der Waals surface area contributed by atoms with Crippen LogP contribution in [-0.4, -0.2) is 19.7 Å². The van der Waals surface area contributed by atoms with Crippen molar-refractivity contribution in [2.45, 2.75) is 0 Å². The maximum absolute atomic E-state index is 6.18. The second kappa shape index (κ2) is 7.09. The van der Waals surface area contributed by atoms with Gasteiger partial charge in [-0.2, -0.15) is 0 Å². The molecule has 3 aromatic heterocycles. The van der Waals surface area contributed by atoms with Gasteiger partial charge in [0.15, 0.2) is 5.82 Å². The number of aromatic nitrogens is 4. The number of para-hydroxylation sites is 1. The highest BCUT2D eigenvalue weighted by Gasteiger charge is 2.16. The number of pyridine rings is 2. The molecule has 0 aliphatic rings. The lowest BCUT2D eigenvalue weighted by molar-refractivity contribution is 0.482. The van der Waals surface area contributed by atoms with Gasteiger partial charge in [-0.3, -0.25) is 9.97 Å². The molecule has 0 radical (unpaired) electrons. The highest BCUT2D eigenvalue weighted by Crippen LogP contribution is 2.32. The summed E-state index contributed by atoms with van der Waals surface area (Å²) in [6.07, 6.45) is 5.27. The molecule has 5 aromatic rings. The molecule has 2 aromatic carbocycles. The van der Waals surface area contributed by atoms with E-state index in [0.717, 1.165) is 39.3 Å². The number of nitrogens with zero attached hydrogens (tertiary/aromatic N) is 4. The molecule has 0 amide bonds. The van der Waals surface area contributed by atoms with Gasteiger partial charge in [-0.1, -0.05) is 24.3 Å². The number of fused-ring (bicyclic) bond motifs is 1. The number of ether oxygens (including phenoxy) is 1. The molecule has 29 heavy (non-hydrogen) atoms. The Kier molecular flexibility index (Phi) is 4.14. The molecule has 0 aliphatic carbocycles. The molecule has 140 valence electrons. The first-order valence-electron chi connectivity index (χ1n) is 9.16. The molecular formula is C23H17N5O. The van der Waals surface area contributed by atoms with Crippen LogP contribution >= 0.6 is 0 Å². The fourth-order valence-corrected chi connectivity index (χ4v) is 3.26. The number of hydrogen-bond acceptors (Lipinski definition) is 5. The molecule has 2 N–H and O–H groups in total. The largest absolute Gasteiger partial charge is 0.457 e. The number of benzene rings is 2. The first-order chi connectivity index (χ1) is 14.3. The van der Waals surface area contributed by atoms with Gasteiger partial charge in [0, 0.05) is 24.2 Å². The minimum atomic E-state index is 0.426. The quantitative estimate of drug-likeness (QED) is 0.482. The van der Waals surface area contributed by atoms with Gasteiger partial charge in [0.05, 0.1) is 22.3 Å². The summed E-state index contributed by atoms with van der Waals surface area (Å²) < 4.78 is 7.70. The molecule has 0 bridgehead atoms. The summed E-state index contributed by atoms with van der Waals surface area (Å²) in [4.78, 5) is 8.79. The summed E-state index contributed by atoms with van der Waals surface area (Å²) in [6, 6.07) is 23.2. The summed E-state index contributed by atoms with van der Waals surface area (Å²) in [6.45, 7) is 0. The van der Waals surface area contributed by atoms with Crippen LogP contribution in [0.5, 0.6) is 11.5 Å². The lowest BCUT2D eigenvalue weighted by atomic mass is 10.1. The number of rotatable bonds is 4. The Bertz CT molecular complexity index is 1270. The van der Waals surface area contributed by atoms with E-state index >= 15 is 0 Å². The molecule has 0 aliphatic heterocycles. The van der Waals surface area contributed by atoms with Crippen molar-refractivity contribution in [1.82, 2.24) is 19.7 Å². The van der Waals surface area contributed by atoms with Crippen LogP contribution in [0.25, 0.3) is 27.8 Å². The van der Waals surface area contributed by atoms with Crippen LogP contribution in [0.15, 0.2) is 91.4 Å². The Morgan fingerprint density at radius 1 is 0.793 bits per heavy atom. The van der Waals surface area contributed by atoms with Gasteiger partial charge in [0.1, 0.15) is 11.5 Å². The minimum absolute atomic E-state index is 0.426. The third kappa shape index (κ3) is 3.17. The van der Waals surface area contributed by atoms with Gasteiger partial charge in [0.2, 0.25) is 0 Å². The highest BCUT2D eigenvalue weighted by atomic mass is 16.5. The molecule has 0 spiro atoms. The van der Waals surface area contributed by atoms with Crippen molar-refractivity contribution in [2.75, 3.05) is 5.73 Å². The molecule has 6 heteroatoms. The zero-order valence-corrected chi connectivity index (χ0v) is 15.4. The predicted octanol–water partition coefficient (Wildman–Crippen LogP) is 4.86. The van der Waals surface area contributed by atoms with E-state index in [-0.39, 0.29) is 0 Å². The average molecular weight is 379 g/mol. The van der Waals surface area contributed by atoms with E-state index in [0.29, 0.717) is 5.82 Å². The number of nitrogen functional groups attached to an aromatic ring is 1. The Morgan fingerprint density at radius 3 is 2.31 bits per heavy atom. The van der Waals surface area contributed by atoms with Crippen molar-refractivity contribution in [3.05, 3.63) is 91.4 Å². The summed E-state index contributed by atoms with van der Waals surface area (Å²) in [5.41, 5.74) is 9.60. The van der Waals surface area contributed by atoms with E-state index < -0.39 is 0 Å². The lowest BCUT2D eigenvalue weighted by Crippen LogP contribution is -1.99. The van der Waals surface area contributed by atoms with Crippen LogP contribution in [-0.2, 0) is 0 Å². The second-order valence-electron chi connectivity index (χ2n) is 6.50. The zero-order chi connectivity index (χ0) is 19.6. The highest BCUT2D eigenvalue weighted by molar-refractivity contribution is 5.99. The fourth-order valence-electron chi connectivity index (χ4n) is 3.26. The topological polar surface area (TPSA) is 78.8 Å². The standard InChI is InChI=1S/C23H17N5O/c24-23-20-15-25-14-19(21-8-4-5-13-26-21)22(20)28(27-23)16-9-11-18(12-10-16)29-17-6-2-1-3-7-17/h1-15H,(H2,24,27). The van der Waals surface area contributed by atoms with E-state index in [2.05, 4.69) is 15.1 Å². The molecule has 5 rings (SSSR count). The van der Waals surface area contributed by atoms with Gasteiger partial charge in [0.25, 0.3) is 0 Å². The van der Waals surface area contributed by atoms with Crippen molar-refractivity contribution in [2.24, 2.45) is 0 Å². The van der Waals surface area contributed by atoms with Gasteiger partial charge in [-0.15, -0.1) is 5.10 Å². The van der Waals surface area contributed by atoms with Crippen LogP contribution < -0.4 is 10.5 Å². The Morgan fingerprint density at radius 2 is 1.55 bits per heavy atom. The Hall–Kier alpha value is -4.19. The van der Waals surface area contributed by atoms with Crippen LogP contribution in [0.3, 0.4) is 0 Å². The molecule has 0 atom stereocenters. The first-order valence-corrected chi connectivity index (χ1v) is 9.16. The van der Waals surface area contributed by atoms with E-state index in [9.17, 15) is 0 Å². The average Bonchev–Trinajstić information content (AvgIpc) is 3.12. The van der Waals surface area contributed by atoms with E-state index in [1.807, 2.05) is 77.5 Å². The molecular weight excluding hydrogens is 362 g/mol. The second-order valence-corrected chi connectivity index (χ2v) is 6.50. The maximum Gasteiger partial charge on any atom is 0.155 e. The monoisotopic (exact) mass is 379 g/mol. The SMILES string of the molecule is Nc1nn(-c2ccc(Oc3ccccc3)cc2)c2c(-c3ccccn3)cncc12. The third-order valence-corrected chi connectivity index (χ3v) is 4.61. The predicted molar refractivity (Wildman–Crippen MR) is 113 cm³/mol. The molecule has 0 saturated carbocycles. The van der Waals surface area contributed by atoms with Crippen molar-refractivity contribution >= 4 is 16.7 Å². The van der Waals surface area contributed by atoms with Crippen LogP contribution in [0.2, 0.25) is 0 Å². The van der Waals surface area contributed by atoms with Crippen molar-refractivity contribution in [3.63, 3.8) is 0 Å². The molecule has 3 heterocycles. The van der Waals surface area contributed by atoms with E-state index in [1.54, 1.807) is 18.6 Å². The normalized spacial score (nSPS) is 10.9. The summed E-state index contributed by atoms with van der Waals surface area (Å²) in [5, 5.41) is 5.34. The van der Waals surface area contributed by atoms with Gasteiger partial charge in [-0.25, -0.2) is 4.68 Å². The maximum atomic E-state index is 6.18. The number of anilines is 1.